The number of aryl methyl sites for hydroxylation is 1. The van der Waals surface area contributed by atoms with Gasteiger partial charge in [0.25, 0.3) is 0 Å². The predicted octanol–water partition coefficient (Wildman–Crippen LogP) is 4.27. The highest BCUT2D eigenvalue weighted by Crippen LogP contribution is 2.29. The number of carbonyl (C=O) groups excluding carboxylic acids is 2. The fourth-order valence-electron chi connectivity index (χ4n) is 3.22. The number of ether oxygens (including phenoxy) is 3. The summed E-state index contributed by atoms with van der Waals surface area (Å²) in [7, 11) is 2.91. The third kappa shape index (κ3) is 4.35. The highest BCUT2D eigenvalue weighted by molar-refractivity contribution is 7.09. The number of methoxy groups -OCH3 is 2. The number of esters is 1. The molecule has 0 bridgehead atoms. The van der Waals surface area contributed by atoms with Gasteiger partial charge in [-0.2, -0.15) is 0 Å². The third-order valence-electron chi connectivity index (χ3n) is 4.73. The third-order valence-corrected chi connectivity index (χ3v) is 5.60. The molecule has 0 aliphatic rings. The van der Waals surface area contributed by atoms with Gasteiger partial charge in [-0.1, -0.05) is 12.1 Å². The van der Waals surface area contributed by atoms with Crippen LogP contribution in [-0.2, 0) is 11.3 Å². The summed E-state index contributed by atoms with van der Waals surface area (Å²) in [5.74, 6) is -0.260. The molecule has 2 aromatic heterocycles. The molecule has 0 amide bonds. The molecule has 6 nitrogen and oxygen atoms in total. The lowest BCUT2D eigenvalue weighted by Gasteiger charge is -2.12. The SMILES string of the molecule is COc1cccc(OC)c1C(=O)OCC(=O)c1cc(C)n(Cc2cccs2)c1C. The largest absolute Gasteiger partial charge is 0.496 e. The van der Waals surface area contributed by atoms with E-state index in [0.717, 1.165) is 11.4 Å². The molecule has 0 radical (unpaired) electrons. The number of nitrogens with zero attached hydrogens (tertiary/aromatic N) is 1. The van der Waals surface area contributed by atoms with Gasteiger partial charge in [-0.05, 0) is 43.5 Å². The van der Waals surface area contributed by atoms with Crippen LogP contribution in [0.5, 0.6) is 11.5 Å². The molecule has 0 atom stereocenters. The number of Topliss-reactive ketones (excluding diaryl/α,β-unsaturated/α-hetero) is 1. The number of hydrogen-bond donors (Lipinski definition) is 0. The Morgan fingerprint density at radius 1 is 1.03 bits per heavy atom. The molecule has 3 aromatic rings. The number of rotatable bonds is 8. The molecule has 0 unspecified atom stereocenters. The minimum Gasteiger partial charge on any atom is -0.496 e. The Kier molecular flexibility index (Phi) is 6.39. The van der Waals surface area contributed by atoms with Crippen LogP contribution < -0.4 is 9.47 Å². The second kappa shape index (κ2) is 8.96. The van der Waals surface area contributed by atoms with Gasteiger partial charge in [0.05, 0.1) is 20.8 Å². The molecule has 1 aromatic carbocycles. The lowest BCUT2D eigenvalue weighted by molar-refractivity contribution is 0.0468. The zero-order valence-corrected chi connectivity index (χ0v) is 17.7. The molecule has 0 N–H and O–H groups in total. The Balaban J connectivity index is 1.74. The van der Waals surface area contributed by atoms with Crippen LogP contribution >= 0.6 is 11.3 Å². The van der Waals surface area contributed by atoms with Crippen LogP contribution in [0.25, 0.3) is 0 Å². The Hall–Kier alpha value is -3.06. The van der Waals surface area contributed by atoms with E-state index in [9.17, 15) is 9.59 Å². The summed E-state index contributed by atoms with van der Waals surface area (Å²) in [5, 5.41) is 2.03. The Labute approximate surface area is 173 Å². The summed E-state index contributed by atoms with van der Waals surface area (Å²) in [4.78, 5) is 26.5. The van der Waals surface area contributed by atoms with E-state index >= 15 is 0 Å². The predicted molar refractivity (Wildman–Crippen MR) is 111 cm³/mol. The van der Waals surface area contributed by atoms with Crippen LogP contribution in [0, 0.1) is 13.8 Å². The first kappa shape index (κ1) is 20.7. The van der Waals surface area contributed by atoms with E-state index in [2.05, 4.69) is 10.6 Å². The Morgan fingerprint density at radius 3 is 2.31 bits per heavy atom. The second-order valence-corrected chi connectivity index (χ2v) is 7.52. The van der Waals surface area contributed by atoms with Gasteiger partial charge >= 0.3 is 5.97 Å². The number of carbonyl (C=O) groups is 2. The van der Waals surface area contributed by atoms with Crippen LogP contribution in [0.4, 0.5) is 0 Å². The molecule has 0 saturated carbocycles. The van der Waals surface area contributed by atoms with Gasteiger partial charge in [0, 0.05) is 21.8 Å². The van der Waals surface area contributed by atoms with Crippen molar-refractivity contribution in [2.75, 3.05) is 20.8 Å². The van der Waals surface area contributed by atoms with Crippen molar-refractivity contribution >= 4 is 23.1 Å². The molecule has 0 spiro atoms. The van der Waals surface area contributed by atoms with E-state index in [0.29, 0.717) is 23.6 Å². The zero-order valence-electron chi connectivity index (χ0n) is 16.9. The van der Waals surface area contributed by atoms with E-state index in [1.54, 1.807) is 29.5 Å². The van der Waals surface area contributed by atoms with Gasteiger partial charge in [0.2, 0.25) is 5.78 Å². The summed E-state index contributed by atoms with van der Waals surface area (Å²) >= 11 is 1.67. The van der Waals surface area contributed by atoms with Gasteiger partial charge in [0.15, 0.2) is 6.61 Å². The van der Waals surface area contributed by atoms with Crippen molar-refractivity contribution in [1.82, 2.24) is 4.57 Å². The molecule has 0 aliphatic heterocycles. The molecule has 0 aliphatic carbocycles. The minimum atomic E-state index is -0.667. The van der Waals surface area contributed by atoms with Gasteiger partial charge in [0.1, 0.15) is 17.1 Å². The van der Waals surface area contributed by atoms with Crippen molar-refractivity contribution in [3.05, 3.63) is 69.2 Å². The van der Waals surface area contributed by atoms with Crippen molar-refractivity contribution in [1.29, 1.82) is 0 Å². The van der Waals surface area contributed by atoms with E-state index in [4.69, 9.17) is 14.2 Å². The van der Waals surface area contributed by atoms with Crippen molar-refractivity contribution in [3.8, 4) is 11.5 Å². The normalized spacial score (nSPS) is 10.6. The second-order valence-electron chi connectivity index (χ2n) is 6.49. The summed E-state index contributed by atoms with van der Waals surface area (Å²) in [6, 6.07) is 10.9. The quantitative estimate of drug-likeness (QED) is 0.408. The van der Waals surface area contributed by atoms with Crippen LogP contribution in [0.1, 0.15) is 37.0 Å². The van der Waals surface area contributed by atoms with Crippen molar-refractivity contribution < 1.29 is 23.8 Å². The number of aromatic nitrogens is 1. The summed E-state index contributed by atoms with van der Waals surface area (Å²) in [6.07, 6.45) is 0. The zero-order chi connectivity index (χ0) is 21.0. The number of thiophene rings is 1. The number of hydrogen-bond acceptors (Lipinski definition) is 6. The molecular weight excluding hydrogens is 390 g/mol. The molecule has 3 rings (SSSR count). The van der Waals surface area contributed by atoms with E-state index in [1.807, 2.05) is 31.4 Å². The average molecular weight is 413 g/mol. The Morgan fingerprint density at radius 2 is 1.72 bits per heavy atom. The van der Waals surface area contributed by atoms with Crippen molar-refractivity contribution in [2.45, 2.75) is 20.4 Å². The van der Waals surface area contributed by atoms with Crippen molar-refractivity contribution in [2.24, 2.45) is 0 Å². The maximum atomic E-state index is 12.7. The summed E-state index contributed by atoms with van der Waals surface area (Å²) in [6.45, 7) is 4.21. The maximum absolute atomic E-state index is 12.7. The van der Waals surface area contributed by atoms with Crippen LogP contribution in [0.3, 0.4) is 0 Å². The molecule has 7 heteroatoms. The first-order valence-corrected chi connectivity index (χ1v) is 9.94. The molecule has 29 heavy (non-hydrogen) atoms. The molecular formula is C22H23NO5S. The van der Waals surface area contributed by atoms with Crippen LogP contribution in [-0.4, -0.2) is 37.1 Å². The van der Waals surface area contributed by atoms with E-state index in [1.165, 1.54) is 19.1 Å². The summed E-state index contributed by atoms with van der Waals surface area (Å²) < 4.78 is 17.8. The standard InChI is InChI=1S/C22H23NO5S/c1-14-11-17(15(2)23(14)12-16-7-6-10-29-16)18(24)13-28-22(25)21-19(26-3)8-5-9-20(21)27-4/h5-11H,12-13H2,1-4H3. The Bertz CT molecular complexity index is 998. The number of benzene rings is 1. The summed E-state index contributed by atoms with van der Waals surface area (Å²) in [5.41, 5.74) is 2.55. The molecule has 0 fully saturated rings. The van der Waals surface area contributed by atoms with E-state index in [-0.39, 0.29) is 18.0 Å². The average Bonchev–Trinajstić information content (AvgIpc) is 3.34. The highest BCUT2D eigenvalue weighted by Gasteiger charge is 2.22. The lowest BCUT2D eigenvalue weighted by atomic mass is 10.1. The van der Waals surface area contributed by atoms with Crippen LogP contribution in [0.15, 0.2) is 41.8 Å². The van der Waals surface area contributed by atoms with Gasteiger partial charge < -0.3 is 18.8 Å². The highest BCUT2D eigenvalue weighted by atomic mass is 32.1. The molecule has 2 heterocycles. The molecule has 0 saturated heterocycles. The minimum absolute atomic E-state index is 0.161. The first-order valence-electron chi connectivity index (χ1n) is 9.06. The first-order chi connectivity index (χ1) is 14.0. The topological polar surface area (TPSA) is 66.8 Å². The van der Waals surface area contributed by atoms with Gasteiger partial charge in [-0.25, -0.2) is 4.79 Å². The van der Waals surface area contributed by atoms with E-state index < -0.39 is 5.97 Å². The van der Waals surface area contributed by atoms with Crippen molar-refractivity contribution in [3.63, 3.8) is 0 Å². The van der Waals surface area contributed by atoms with Gasteiger partial charge in [-0.15, -0.1) is 11.3 Å². The fourth-order valence-corrected chi connectivity index (χ4v) is 3.91. The van der Waals surface area contributed by atoms with Gasteiger partial charge in [-0.3, -0.25) is 4.79 Å². The fraction of sp³-hybridized carbons (Fsp3) is 0.273. The lowest BCUT2D eigenvalue weighted by Crippen LogP contribution is -2.16. The molecule has 152 valence electrons. The smallest absolute Gasteiger partial charge is 0.346 e. The maximum Gasteiger partial charge on any atom is 0.346 e. The monoisotopic (exact) mass is 413 g/mol. The van der Waals surface area contributed by atoms with Crippen LogP contribution in [0.2, 0.25) is 0 Å². The number of ketones is 1.